The maximum Gasteiger partial charge on any atom is 0.343 e. The first-order valence-electron chi connectivity index (χ1n) is 8.78. The van der Waals surface area contributed by atoms with Gasteiger partial charge in [-0.2, -0.15) is 5.10 Å². The minimum absolute atomic E-state index is 0.0276. The minimum atomic E-state index is -0.444. The number of benzene rings is 1. The largest absolute Gasteiger partial charge is 0.482 e. The number of anilines is 1. The smallest absolute Gasteiger partial charge is 0.343 e. The topological polar surface area (TPSA) is 94.5 Å². The number of amides is 1. The Kier molecular flexibility index (Phi) is 5.75. The number of esters is 1. The number of hydrogen-bond donors (Lipinski definition) is 2. The first-order chi connectivity index (χ1) is 13.0. The Morgan fingerprint density at radius 3 is 2.85 bits per heavy atom. The molecular formula is C19H24N4O4. The Labute approximate surface area is 157 Å². The lowest BCUT2D eigenvalue weighted by Gasteiger charge is -2.18. The Morgan fingerprint density at radius 1 is 1.37 bits per heavy atom. The molecule has 8 nitrogen and oxygen atoms in total. The number of nitrogens with one attached hydrogen (secondary N) is 2. The summed E-state index contributed by atoms with van der Waals surface area (Å²) < 4.78 is 11.7. The van der Waals surface area contributed by atoms with Crippen molar-refractivity contribution >= 4 is 17.6 Å². The van der Waals surface area contributed by atoms with Crippen LogP contribution in [0.25, 0.3) is 0 Å². The summed E-state index contributed by atoms with van der Waals surface area (Å²) in [5.41, 5.74) is 2.64. The normalized spacial score (nSPS) is 18.9. The number of aromatic nitrogens is 2. The molecule has 8 heteroatoms. The molecule has 2 heterocycles. The molecule has 3 rings (SSSR count). The van der Waals surface area contributed by atoms with Gasteiger partial charge in [0.05, 0.1) is 19.2 Å². The van der Waals surface area contributed by atoms with Crippen molar-refractivity contribution in [3.63, 3.8) is 0 Å². The number of hydrogen-bond acceptors (Lipinski definition) is 6. The predicted molar refractivity (Wildman–Crippen MR) is 99.6 cm³/mol. The van der Waals surface area contributed by atoms with Gasteiger partial charge in [0.25, 0.3) is 0 Å². The highest BCUT2D eigenvalue weighted by atomic mass is 16.6. The van der Waals surface area contributed by atoms with Crippen molar-refractivity contribution in [2.45, 2.75) is 12.8 Å². The third-order valence-electron chi connectivity index (χ3n) is 4.74. The molecule has 27 heavy (non-hydrogen) atoms. The van der Waals surface area contributed by atoms with Crippen molar-refractivity contribution in [1.82, 2.24) is 15.1 Å². The number of ether oxygens (including phenoxy) is 2. The molecular weight excluding hydrogens is 348 g/mol. The highest BCUT2D eigenvalue weighted by Gasteiger charge is 2.34. The van der Waals surface area contributed by atoms with E-state index in [0.29, 0.717) is 12.3 Å². The van der Waals surface area contributed by atoms with Crippen LogP contribution < -0.4 is 15.4 Å². The first-order valence-corrected chi connectivity index (χ1v) is 8.78. The Balaban J connectivity index is 1.65. The average molecular weight is 372 g/mol. The van der Waals surface area contributed by atoms with E-state index in [2.05, 4.69) is 20.5 Å². The van der Waals surface area contributed by atoms with Gasteiger partial charge in [-0.1, -0.05) is 0 Å². The first kappa shape index (κ1) is 18.9. The van der Waals surface area contributed by atoms with E-state index in [-0.39, 0.29) is 24.3 Å². The molecule has 1 aromatic carbocycles. The lowest BCUT2D eigenvalue weighted by molar-refractivity contribution is -0.142. The van der Waals surface area contributed by atoms with Crippen molar-refractivity contribution in [1.29, 1.82) is 0 Å². The van der Waals surface area contributed by atoms with Crippen molar-refractivity contribution in [3.8, 4) is 5.75 Å². The molecule has 0 bridgehead atoms. The Bertz CT molecular complexity index is 833. The van der Waals surface area contributed by atoms with E-state index in [1.807, 2.05) is 26.4 Å². The van der Waals surface area contributed by atoms with Crippen molar-refractivity contribution in [2.75, 3.05) is 32.1 Å². The number of rotatable bonds is 6. The standard InChI is InChI=1S/C19H24N4O4/c1-12-6-14(27-11-18(24)26-3)4-5-17(12)22-19(25)16-9-20-8-15(16)13-7-21-23(2)10-13/h4-7,10,15-16,20H,8-9,11H2,1-3H3,(H,22,25)/t15-,16+/m1/s1. The molecule has 1 amide bonds. The van der Waals surface area contributed by atoms with Gasteiger partial charge in [-0.15, -0.1) is 0 Å². The van der Waals surface area contributed by atoms with Crippen LogP contribution in [0.3, 0.4) is 0 Å². The van der Waals surface area contributed by atoms with E-state index in [0.717, 1.165) is 23.4 Å². The van der Waals surface area contributed by atoms with Crippen LogP contribution in [-0.2, 0) is 21.4 Å². The molecule has 1 fully saturated rings. The fourth-order valence-corrected chi connectivity index (χ4v) is 3.23. The molecule has 0 unspecified atom stereocenters. The van der Waals surface area contributed by atoms with E-state index >= 15 is 0 Å². The molecule has 1 aliphatic heterocycles. The van der Waals surface area contributed by atoms with Gasteiger partial charge in [0, 0.05) is 37.9 Å². The van der Waals surface area contributed by atoms with E-state index in [9.17, 15) is 9.59 Å². The lowest BCUT2D eigenvalue weighted by atomic mass is 9.90. The van der Waals surface area contributed by atoms with Gasteiger partial charge >= 0.3 is 5.97 Å². The minimum Gasteiger partial charge on any atom is -0.482 e. The zero-order valence-corrected chi connectivity index (χ0v) is 15.7. The summed E-state index contributed by atoms with van der Waals surface area (Å²) in [5, 5.41) is 10.5. The zero-order valence-electron chi connectivity index (χ0n) is 15.7. The third kappa shape index (κ3) is 4.46. The van der Waals surface area contributed by atoms with Crippen LogP contribution in [-0.4, -0.2) is 48.5 Å². The summed E-state index contributed by atoms with van der Waals surface area (Å²) in [5.74, 6) is 0.0116. The zero-order chi connectivity index (χ0) is 19.4. The number of aryl methyl sites for hydroxylation is 2. The molecule has 0 radical (unpaired) electrons. The molecule has 0 spiro atoms. The summed E-state index contributed by atoms with van der Waals surface area (Å²) in [7, 11) is 3.18. The number of nitrogens with zero attached hydrogens (tertiary/aromatic N) is 2. The summed E-state index contributed by atoms with van der Waals surface area (Å²) in [6, 6.07) is 5.28. The van der Waals surface area contributed by atoms with Crippen LogP contribution in [0.2, 0.25) is 0 Å². The Hall–Kier alpha value is -2.87. The molecule has 144 valence electrons. The van der Waals surface area contributed by atoms with Gasteiger partial charge in [-0.05, 0) is 36.2 Å². The monoisotopic (exact) mass is 372 g/mol. The molecule has 1 saturated heterocycles. The van der Waals surface area contributed by atoms with Gasteiger partial charge in [-0.3, -0.25) is 9.48 Å². The quantitative estimate of drug-likeness (QED) is 0.741. The van der Waals surface area contributed by atoms with Crippen molar-refractivity contribution in [2.24, 2.45) is 13.0 Å². The molecule has 1 aromatic heterocycles. The van der Waals surface area contributed by atoms with Crippen LogP contribution in [0.15, 0.2) is 30.6 Å². The van der Waals surface area contributed by atoms with Crippen LogP contribution >= 0.6 is 0 Å². The Morgan fingerprint density at radius 2 is 2.19 bits per heavy atom. The fourth-order valence-electron chi connectivity index (χ4n) is 3.23. The van der Waals surface area contributed by atoms with Crippen LogP contribution in [0.5, 0.6) is 5.75 Å². The van der Waals surface area contributed by atoms with Gasteiger partial charge in [0.2, 0.25) is 5.91 Å². The third-order valence-corrected chi connectivity index (χ3v) is 4.74. The highest BCUT2D eigenvalue weighted by molar-refractivity contribution is 5.94. The predicted octanol–water partition coefficient (Wildman–Crippen LogP) is 1.22. The van der Waals surface area contributed by atoms with Gasteiger partial charge < -0.3 is 20.1 Å². The van der Waals surface area contributed by atoms with E-state index in [1.54, 1.807) is 22.9 Å². The second kappa shape index (κ2) is 8.22. The summed E-state index contributed by atoms with van der Waals surface area (Å²) in [6.45, 7) is 3.11. The molecule has 1 aliphatic rings. The number of carbonyl (C=O) groups excluding carboxylic acids is 2. The molecule has 2 N–H and O–H groups in total. The molecule has 0 aliphatic carbocycles. The molecule has 2 atom stereocenters. The van der Waals surface area contributed by atoms with Gasteiger partial charge in [0.1, 0.15) is 5.75 Å². The van der Waals surface area contributed by atoms with Crippen LogP contribution in [0, 0.1) is 12.8 Å². The van der Waals surface area contributed by atoms with E-state index in [1.165, 1.54) is 7.11 Å². The average Bonchev–Trinajstić information content (AvgIpc) is 3.30. The number of methoxy groups -OCH3 is 1. The van der Waals surface area contributed by atoms with Crippen LogP contribution in [0.4, 0.5) is 5.69 Å². The lowest BCUT2D eigenvalue weighted by Crippen LogP contribution is -2.28. The van der Waals surface area contributed by atoms with Crippen molar-refractivity contribution in [3.05, 3.63) is 41.7 Å². The SMILES string of the molecule is COC(=O)COc1ccc(NC(=O)[C@H]2CNC[C@@H]2c2cnn(C)c2)c(C)c1. The maximum atomic E-state index is 12.8. The van der Waals surface area contributed by atoms with E-state index in [4.69, 9.17) is 4.74 Å². The second-order valence-electron chi connectivity index (χ2n) is 6.65. The maximum absolute atomic E-state index is 12.8. The molecule has 0 saturated carbocycles. The summed E-state index contributed by atoms with van der Waals surface area (Å²) in [4.78, 5) is 24.0. The van der Waals surface area contributed by atoms with Crippen molar-refractivity contribution < 1.29 is 19.1 Å². The highest BCUT2D eigenvalue weighted by Crippen LogP contribution is 2.30. The second-order valence-corrected chi connectivity index (χ2v) is 6.65. The summed E-state index contributed by atoms with van der Waals surface area (Å²) >= 11 is 0. The van der Waals surface area contributed by atoms with Crippen LogP contribution in [0.1, 0.15) is 17.0 Å². The van der Waals surface area contributed by atoms with Gasteiger partial charge in [0.15, 0.2) is 6.61 Å². The summed E-state index contributed by atoms with van der Waals surface area (Å²) in [6.07, 6.45) is 3.77. The molecule has 2 aromatic rings. The number of carbonyl (C=O) groups is 2. The van der Waals surface area contributed by atoms with E-state index < -0.39 is 5.97 Å². The fraction of sp³-hybridized carbons (Fsp3) is 0.421. The van der Waals surface area contributed by atoms with Gasteiger partial charge in [-0.25, -0.2) is 4.79 Å².